The van der Waals surface area contributed by atoms with Crippen molar-refractivity contribution in [3.63, 3.8) is 0 Å². The molecule has 0 radical (unpaired) electrons. The smallest absolute Gasteiger partial charge is 0.350 e. The van der Waals surface area contributed by atoms with Crippen LogP contribution in [0, 0.1) is 6.92 Å². The van der Waals surface area contributed by atoms with Crippen molar-refractivity contribution in [3.8, 4) is 0 Å². The molecule has 0 unspecified atom stereocenters. The van der Waals surface area contributed by atoms with Crippen molar-refractivity contribution in [1.29, 1.82) is 0 Å². The van der Waals surface area contributed by atoms with Crippen LogP contribution in [0.3, 0.4) is 0 Å². The molecule has 0 aliphatic carbocycles. The maximum Gasteiger partial charge on any atom is 0.350 e. The van der Waals surface area contributed by atoms with Gasteiger partial charge >= 0.3 is 5.97 Å². The molecule has 0 aliphatic heterocycles. The number of aryl methyl sites for hydroxylation is 1. The summed E-state index contributed by atoms with van der Waals surface area (Å²) in [6, 6.07) is 9.73. The number of hydrogen-bond donors (Lipinski definition) is 1. The first-order valence-corrected chi connectivity index (χ1v) is 7.20. The summed E-state index contributed by atoms with van der Waals surface area (Å²) in [6.07, 6.45) is 0. The maximum atomic E-state index is 12.1. The van der Waals surface area contributed by atoms with E-state index in [1.807, 2.05) is 58.0 Å². The van der Waals surface area contributed by atoms with Gasteiger partial charge in [0, 0.05) is 5.69 Å². The van der Waals surface area contributed by atoms with E-state index in [1.165, 1.54) is 11.3 Å². The van der Waals surface area contributed by atoms with Crippen molar-refractivity contribution < 1.29 is 9.53 Å². The van der Waals surface area contributed by atoms with Gasteiger partial charge in [-0.1, -0.05) is 29.5 Å². The van der Waals surface area contributed by atoms with Crippen LogP contribution in [0.2, 0.25) is 0 Å². The van der Waals surface area contributed by atoms with Crippen molar-refractivity contribution in [2.45, 2.75) is 33.3 Å². The van der Waals surface area contributed by atoms with E-state index in [9.17, 15) is 4.79 Å². The lowest BCUT2D eigenvalue weighted by Gasteiger charge is -2.18. The number of carbonyl (C=O) groups is 1. The van der Waals surface area contributed by atoms with Crippen molar-refractivity contribution in [2.24, 2.45) is 0 Å². The lowest BCUT2D eigenvalue weighted by Crippen LogP contribution is -2.23. The van der Waals surface area contributed by atoms with Crippen molar-refractivity contribution in [1.82, 2.24) is 4.98 Å². The molecule has 0 saturated heterocycles. The molecule has 1 heterocycles. The standard InChI is InChI=1S/C15H18N2O2S/c1-10-12(13(18)19-15(2,3)4)20-14(16-10)17-11-8-6-5-7-9-11/h5-9H,1-4H3,(H,16,17). The highest BCUT2D eigenvalue weighted by molar-refractivity contribution is 7.17. The van der Waals surface area contributed by atoms with Crippen LogP contribution in [0.5, 0.6) is 0 Å². The second kappa shape index (κ2) is 5.63. The Morgan fingerprint density at radius 3 is 2.50 bits per heavy atom. The fraction of sp³-hybridized carbons (Fsp3) is 0.333. The highest BCUT2D eigenvalue weighted by atomic mass is 32.1. The van der Waals surface area contributed by atoms with Crippen LogP contribution >= 0.6 is 11.3 Å². The maximum absolute atomic E-state index is 12.1. The summed E-state index contributed by atoms with van der Waals surface area (Å²) in [5, 5.41) is 3.87. The fourth-order valence-electron chi connectivity index (χ4n) is 1.61. The van der Waals surface area contributed by atoms with E-state index in [2.05, 4.69) is 10.3 Å². The molecule has 1 aromatic heterocycles. The number of anilines is 2. The average Bonchev–Trinajstić information content (AvgIpc) is 2.69. The van der Waals surface area contributed by atoms with E-state index in [-0.39, 0.29) is 5.97 Å². The Morgan fingerprint density at radius 1 is 1.25 bits per heavy atom. The number of ether oxygens (including phenoxy) is 1. The number of thiazole rings is 1. The number of esters is 1. The number of nitrogens with zero attached hydrogens (tertiary/aromatic N) is 1. The normalized spacial score (nSPS) is 11.2. The lowest BCUT2D eigenvalue weighted by molar-refractivity contribution is 0.00742. The second-order valence-electron chi connectivity index (χ2n) is 5.43. The van der Waals surface area contributed by atoms with Gasteiger partial charge in [0.1, 0.15) is 10.5 Å². The first-order valence-electron chi connectivity index (χ1n) is 6.38. The van der Waals surface area contributed by atoms with Crippen LogP contribution in [-0.2, 0) is 4.74 Å². The van der Waals surface area contributed by atoms with E-state index in [0.29, 0.717) is 15.7 Å². The molecule has 5 heteroatoms. The zero-order chi connectivity index (χ0) is 14.8. The minimum Gasteiger partial charge on any atom is -0.456 e. The third-order valence-corrected chi connectivity index (χ3v) is 3.46. The second-order valence-corrected chi connectivity index (χ2v) is 6.43. The SMILES string of the molecule is Cc1nc(Nc2ccccc2)sc1C(=O)OC(C)(C)C. The number of para-hydroxylation sites is 1. The van der Waals surface area contributed by atoms with Gasteiger partial charge in [-0.3, -0.25) is 0 Å². The molecule has 4 nitrogen and oxygen atoms in total. The number of carbonyl (C=O) groups excluding carboxylic acids is 1. The van der Waals surface area contributed by atoms with Gasteiger partial charge in [0.2, 0.25) is 0 Å². The van der Waals surface area contributed by atoms with Crippen molar-refractivity contribution >= 4 is 28.1 Å². The molecular formula is C15H18N2O2S. The summed E-state index contributed by atoms with van der Waals surface area (Å²) in [6.45, 7) is 7.37. The topological polar surface area (TPSA) is 51.2 Å². The number of benzene rings is 1. The molecule has 20 heavy (non-hydrogen) atoms. The Kier molecular flexibility index (Phi) is 4.09. The van der Waals surface area contributed by atoms with Gasteiger partial charge in [0.05, 0.1) is 5.69 Å². The molecule has 1 aromatic carbocycles. The number of nitrogens with one attached hydrogen (secondary N) is 1. The van der Waals surface area contributed by atoms with Crippen LogP contribution in [0.15, 0.2) is 30.3 Å². The van der Waals surface area contributed by atoms with Crippen LogP contribution in [0.4, 0.5) is 10.8 Å². The summed E-state index contributed by atoms with van der Waals surface area (Å²) in [5.41, 5.74) is 1.13. The molecule has 2 rings (SSSR count). The molecule has 0 fully saturated rings. The Bertz CT molecular complexity index is 600. The number of hydrogen-bond acceptors (Lipinski definition) is 5. The Morgan fingerprint density at radius 2 is 1.90 bits per heavy atom. The van der Waals surface area contributed by atoms with Crippen LogP contribution in [0.1, 0.15) is 36.1 Å². The minimum atomic E-state index is -0.499. The Balaban J connectivity index is 2.15. The van der Waals surface area contributed by atoms with Gasteiger partial charge in [-0.05, 0) is 39.8 Å². The molecule has 0 bridgehead atoms. The minimum absolute atomic E-state index is 0.325. The molecule has 106 valence electrons. The molecule has 2 aromatic rings. The third kappa shape index (κ3) is 3.81. The first kappa shape index (κ1) is 14.5. The molecule has 0 amide bonds. The van der Waals surface area contributed by atoms with Crippen LogP contribution in [0.25, 0.3) is 0 Å². The highest BCUT2D eigenvalue weighted by Crippen LogP contribution is 2.27. The largest absolute Gasteiger partial charge is 0.456 e. The van der Waals surface area contributed by atoms with Crippen molar-refractivity contribution in [3.05, 3.63) is 40.9 Å². The summed E-state index contributed by atoms with van der Waals surface area (Å²) in [7, 11) is 0. The molecular weight excluding hydrogens is 272 g/mol. The summed E-state index contributed by atoms with van der Waals surface area (Å²) in [4.78, 5) is 17.0. The van der Waals surface area contributed by atoms with Gasteiger partial charge in [-0.25, -0.2) is 9.78 Å². The van der Waals surface area contributed by atoms with E-state index in [1.54, 1.807) is 0 Å². The quantitative estimate of drug-likeness (QED) is 0.863. The monoisotopic (exact) mass is 290 g/mol. The molecule has 0 saturated carbocycles. The predicted molar refractivity (Wildman–Crippen MR) is 81.7 cm³/mol. The van der Waals surface area contributed by atoms with Crippen molar-refractivity contribution in [2.75, 3.05) is 5.32 Å². The van der Waals surface area contributed by atoms with E-state index >= 15 is 0 Å². The summed E-state index contributed by atoms with van der Waals surface area (Å²) >= 11 is 1.31. The zero-order valence-corrected chi connectivity index (χ0v) is 12.9. The number of rotatable bonds is 3. The zero-order valence-electron chi connectivity index (χ0n) is 12.1. The summed E-state index contributed by atoms with van der Waals surface area (Å²) < 4.78 is 5.37. The van der Waals surface area contributed by atoms with Gasteiger partial charge in [0.15, 0.2) is 5.13 Å². The molecule has 0 aliphatic rings. The molecule has 0 spiro atoms. The molecule has 0 atom stereocenters. The number of aromatic nitrogens is 1. The molecule has 1 N–H and O–H groups in total. The Labute approximate surface area is 122 Å². The third-order valence-electron chi connectivity index (χ3n) is 2.41. The highest BCUT2D eigenvalue weighted by Gasteiger charge is 2.22. The summed E-state index contributed by atoms with van der Waals surface area (Å²) in [5.74, 6) is -0.325. The predicted octanol–water partition coefficient (Wildman–Crippen LogP) is 4.15. The lowest BCUT2D eigenvalue weighted by atomic mass is 10.2. The van der Waals surface area contributed by atoms with Crippen LogP contribution in [-0.4, -0.2) is 16.6 Å². The average molecular weight is 290 g/mol. The Hall–Kier alpha value is -1.88. The van der Waals surface area contributed by atoms with Crippen LogP contribution < -0.4 is 5.32 Å². The van der Waals surface area contributed by atoms with Gasteiger partial charge in [0.25, 0.3) is 0 Å². The van der Waals surface area contributed by atoms with E-state index < -0.39 is 5.60 Å². The fourth-order valence-corrected chi connectivity index (χ4v) is 2.47. The van der Waals surface area contributed by atoms with Gasteiger partial charge in [-0.2, -0.15) is 0 Å². The van der Waals surface area contributed by atoms with E-state index in [4.69, 9.17) is 4.74 Å². The van der Waals surface area contributed by atoms with Gasteiger partial charge in [-0.15, -0.1) is 0 Å². The van der Waals surface area contributed by atoms with E-state index in [0.717, 1.165) is 5.69 Å². The first-order chi connectivity index (χ1) is 9.35. The van der Waals surface area contributed by atoms with Gasteiger partial charge < -0.3 is 10.1 Å².